The van der Waals surface area contributed by atoms with Crippen LogP contribution in [0.15, 0.2) is 53.4 Å². The fourth-order valence-corrected chi connectivity index (χ4v) is 3.02. The zero-order valence-electron chi connectivity index (χ0n) is 10.9. The summed E-state index contributed by atoms with van der Waals surface area (Å²) in [5, 5.41) is 0.326. The lowest BCUT2D eigenvalue weighted by Crippen LogP contribution is -2.09. The SMILES string of the molecule is Cc1ccc(C(CN)Sc2cccc(C)c2)cc1. The Morgan fingerprint density at radius 2 is 1.72 bits per heavy atom. The summed E-state index contributed by atoms with van der Waals surface area (Å²) < 4.78 is 0. The van der Waals surface area contributed by atoms with E-state index in [-0.39, 0.29) is 0 Å². The smallest absolute Gasteiger partial charge is 0.0466 e. The molecule has 2 N–H and O–H groups in total. The maximum atomic E-state index is 5.91. The van der Waals surface area contributed by atoms with Gasteiger partial charge >= 0.3 is 0 Å². The van der Waals surface area contributed by atoms with Crippen LogP contribution >= 0.6 is 11.8 Å². The van der Waals surface area contributed by atoms with Crippen molar-refractivity contribution in [3.8, 4) is 0 Å². The van der Waals surface area contributed by atoms with Crippen molar-refractivity contribution in [1.29, 1.82) is 0 Å². The van der Waals surface area contributed by atoms with Crippen molar-refractivity contribution in [1.82, 2.24) is 0 Å². The second-order valence-corrected chi connectivity index (χ2v) is 5.85. The van der Waals surface area contributed by atoms with Gasteiger partial charge in [-0.2, -0.15) is 0 Å². The van der Waals surface area contributed by atoms with Crippen molar-refractivity contribution in [2.75, 3.05) is 6.54 Å². The summed E-state index contributed by atoms with van der Waals surface area (Å²) in [6.45, 7) is 4.88. The summed E-state index contributed by atoms with van der Waals surface area (Å²) in [7, 11) is 0. The Labute approximate surface area is 113 Å². The fourth-order valence-electron chi connectivity index (χ4n) is 1.89. The van der Waals surface area contributed by atoms with Crippen LogP contribution in [0.25, 0.3) is 0 Å². The molecule has 0 saturated carbocycles. The summed E-state index contributed by atoms with van der Waals surface area (Å²) >= 11 is 1.84. The van der Waals surface area contributed by atoms with E-state index in [1.54, 1.807) is 0 Å². The molecule has 0 bridgehead atoms. The van der Waals surface area contributed by atoms with Crippen molar-refractivity contribution in [3.63, 3.8) is 0 Å². The molecule has 1 nitrogen and oxygen atoms in total. The van der Waals surface area contributed by atoms with Crippen molar-refractivity contribution in [2.24, 2.45) is 5.73 Å². The lowest BCUT2D eigenvalue weighted by Gasteiger charge is -2.15. The molecule has 0 radical (unpaired) electrons. The number of aryl methyl sites for hydroxylation is 2. The Hall–Kier alpha value is -1.25. The molecule has 2 rings (SSSR count). The first-order chi connectivity index (χ1) is 8.69. The molecule has 94 valence electrons. The van der Waals surface area contributed by atoms with Crippen molar-refractivity contribution >= 4 is 11.8 Å². The third kappa shape index (κ3) is 3.37. The van der Waals surface area contributed by atoms with Gasteiger partial charge in [0.1, 0.15) is 0 Å². The molecule has 2 heteroatoms. The highest BCUT2D eigenvalue weighted by Gasteiger charge is 2.11. The van der Waals surface area contributed by atoms with Crippen LogP contribution in [0.4, 0.5) is 0 Å². The minimum atomic E-state index is 0.326. The van der Waals surface area contributed by atoms with E-state index < -0.39 is 0 Å². The molecule has 0 heterocycles. The number of hydrogen-bond acceptors (Lipinski definition) is 2. The highest BCUT2D eigenvalue weighted by molar-refractivity contribution is 7.99. The predicted octanol–water partition coefficient (Wildman–Crippen LogP) is 4.10. The molecule has 0 aromatic heterocycles. The molecule has 1 unspecified atom stereocenters. The Morgan fingerprint density at radius 3 is 2.33 bits per heavy atom. The van der Waals surface area contributed by atoms with E-state index in [1.807, 2.05) is 11.8 Å². The molecule has 0 spiro atoms. The van der Waals surface area contributed by atoms with Gasteiger partial charge < -0.3 is 5.73 Å². The lowest BCUT2D eigenvalue weighted by molar-refractivity contribution is 0.940. The van der Waals surface area contributed by atoms with Gasteiger partial charge in [0.05, 0.1) is 0 Å². The maximum absolute atomic E-state index is 5.91. The summed E-state index contributed by atoms with van der Waals surface area (Å²) in [5.74, 6) is 0. The largest absolute Gasteiger partial charge is 0.329 e. The molecule has 0 saturated heterocycles. The highest BCUT2D eigenvalue weighted by atomic mass is 32.2. The predicted molar refractivity (Wildman–Crippen MR) is 80.0 cm³/mol. The van der Waals surface area contributed by atoms with Gasteiger partial charge in [-0.25, -0.2) is 0 Å². The minimum Gasteiger partial charge on any atom is -0.329 e. The Kier molecular flexibility index (Phi) is 4.45. The average Bonchev–Trinajstić information content (AvgIpc) is 2.37. The molecule has 0 fully saturated rings. The second-order valence-electron chi connectivity index (χ2n) is 4.57. The quantitative estimate of drug-likeness (QED) is 0.835. The van der Waals surface area contributed by atoms with Crippen LogP contribution in [-0.4, -0.2) is 6.54 Å². The summed E-state index contributed by atoms with van der Waals surface area (Å²) in [6, 6.07) is 17.2. The van der Waals surface area contributed by atoms with E-state index in [9.17, 15) is 0 Å². The minimum absolute atomic E-state index is 0.326. The van der Waals surface area contributed by atoms with Gasteiger partial charge in [-0.1, -0.05) is 47.5 Å². The number of nitrogens with two attached hydrogens (primary N) is 1. The van der Waals surface area contributed by atoms with Gasteiger partial charge in [0, 0.05) is 16.7 Å². The molecule has 0 aliphatic heterocycles. The van der Waals surface area contributed by atoms with E-state index in [4.69, 9.17) is 5.73 Å². The van der Waals surface area contributed by atoms with E-state index in [1.165, 1.54) is 21.6 Å². The summed E-state index contributed by atoms with van der Waals surface area (Å²) in [5.41, 5.74) is 9.79. The van der Waals surface area contributed by atoms with Crippen LogP contribution in [0.1, 0.15) is 21.9 Å². The van der Waals surface area contributed by atoms with Crippen molar-refractivity contribution in [3.05, 3.63) is 65.2 Å². The van der Waals surface area contributed by atoms with Gasteiger partial charge in [0.25, 0.3) is 0 Å². The molecule has 0 amide bonds. The van der Waals surface area contributed by atoms with Gasteiger partial charge in [-0.3, -0.25) is 0 Å². The molecule has 0 aliphatic carbocycles. The standard InChI is InChI=1S/C16H19NS/c1-12-6-8-14(9-7-12)16(11-17)18-15-5-3-4-13(2)10-15/h3-10,16H,11,17H2,1-2H3. The third-order valence-electron chi connectivity index (χ3n) is 2.93. The van der Waals surface area contributed by atoms with Crippen LogP contribution < -0.4 is 5.73 Å². The van der Waals surface area contributed by atoms with Crippen molar-refractivity contribution in [2.45, 2.75) is 24.0 Å². The lowest BCUT2D eigenvalue weighted by atomic mass is 10.1. The van der Waals surface area contributed by atoms with Gasteiger partial charge in [0.2, 0.25) is 0 Å². The normalized spacial score (nSPS) is 12.4. The molecule has 18 heavy (non-hydrogen) atoms. The molecule has 0 aliphatic rings. The molecular weight excluding hydrogens is 238 g/mol. The zero-order valence-corrected chi connectivity index (χ0v) is 11.7. The topological polar surface area (TPSA) is 26.0 Å². The van der Waals surface area contributed by atoms with Crippen LogP contribution in [-0.2, 0) is 0 Å². The van der Waals surface area contributed by atoms with Crippen LogP contribution in [0.5, 0.6) is 0 Å². The summed E-state index contributed by atoms with van der Waals surface area (Å²) in [6.07, 6.45) is 0. The highest BCUT2D eigenvalue weighted by Crippen LogP contribution is 2.34. The van der Waals surface area contributed by atoms with Gasteiger partial charge in [0.15, 0.2) is 0 Å². The number of hydrogen-bond donors (Lipinski definition) is 1. The summed E-state index contributed by atoms with van der Waals surface area (Å²) in [4.78, 5) is 1.28. The molecule has 1 atom stereocenters. The zero-order chi connectivity index (χ0) is 13.0. The van der Waals surface area contributed by atoms with E-state index >= 15 is 0 Å². The monoisotopic (exact) mass is 257 g/mol. The number of rotatable bonds is 4. The first-order valence-electron chi connectivity index (χ1n) is 6.19. The Morgan fingerprint density at radius 1 is 1.00 bits per heavy atom. The molecule has 2 aromatic rings. The first-order valence-corrected chi connectivity index (χ1v) is 7.07. The van der Waals surface area contributed by atoms with E-state index in [0.29, 0.717) is 11.8 Å². The Balaban J connectivity index is 2.17. The van der Waals surface area contributed by atoms with E-state index in [2.05, 4.69) is 62.4 Å². The average molecular weight is 257 g/mol. The van der Waals surface area contributed by atoms with E-state index in [0.717, 1.165) is 0 Å². The second kappa shape index (κ2) is 6.07. The van der Waals surface area contributed by atoms with Crippen LogP contribution in [0.3, 0.4) is 0 Å². The first kappa shape index (κ1) is 13.2. The van der Waals surface area contributed by atoms with Gasteiger partial charge in [-0.15, -0.1) is 11.8 Å². The Bertz CT molecular complexity index is 505. The number of thioether (sulfide) groups is 1. The third-order valence-corrected chi connectivity index (χ3v) is 4.21. The van der Waals surface area contributed by atoms with Crippen LogP contribution in [0, 0.1) is 13.8 Å². The van der Waals surface area contributed by atoms with Crippen LogP contribution in [0.2, 0.25) is 0 Å². The number of benzene rings is 2. The maximum Gasteiger partial charge on any atom is 0.0466 e. The van der Waals surface area contributed by atoms with Crippen molar-refractivity contribution < 1.29 is 0 Å². The molecular formula is C16H19NS. The fraction of sp³-hybridized carbons (Fsp3) is 0.250. The van der Waals surface area contributed by atoms with Gasteiger partial charge in [-0.05, 0) is 31.5 Å². The molecule has 2 aromatic carbocycles.